The van der Waals surface area contributed by atoms with Gasteiger partial charge >= 0.3 is 0 Å². The fourth-order valence-corrected chi connectivity index (χ4v) is 5.50. The quantitative estimate of drug-likeness (QED) is 0.356. The summed E-state index contributed by atoms with van der Waals surface area (Å²) in [7, 11) is 0. The Morgan fingerprint density at radius 2 is 1.93 bits per heavy atom. The van der Waals surface area contributed by atoms with Gasteiger partial charge in [-0.15, -0.1) is 24.0 Å². The second-order valence-electron chi connectivity index (χ2n) is 9.17. The van der Waals surface area contributed by atoms with Crippen molar-refractivity contribution in [1.82, 2.24) is 15.5 Å². The highest BCUT2D eigenvalue weighted by Crippen LogP contribution is 2.44. The lowest BCUT2D eigenvalue weighted by Gasteiger charge is -2.34. The number of rotatable bonds is 6. The van der Waals surface area contributed by atoms with Crippen molar-refractivity contribution in [3.63, 3.8) is 0 Å². The van der Waals surface area contributed by atoms with Crippen molar-refractivity contribution in [2.24, 2.45) is 16.8 Å². The van der Waals surface area contributed by atoms with Gasteiger partial charge in [0.1, 0.15) is 5.76 Å². The number of piperidine rings is 1. The number of furan rings is 1. The van der Waals surface area contributed by atoms with Crippen LogP contribution in [0.5, 0.6) is 0 Å². The Morgan fingerprint density at radius 1 is 1.07 bits per heavy atom. The topological polar surface area (TPSA) is 52.8 Å². The monoisotopic (exact) mass is 498 g/mol. The molecule has 4 aliphatic rings. The number of likely N-dealkylation sites (tertiary alicyclic amines) is 1. The molecule has 1 aliphatic heterocycles. The van der Waals surface area contributed by atoms with Crippen LogP contribution in [-0.2, 0) is 6.42 Å². The molecule has 4 fully saturated rings. The second kappa shape index (κ2) is 9.37. The summed E-state index contributed by atoms with van der Waals surface area (Å²) in [5.74, 6) is 3.89. The molecule has 0 spiro atoms. The van der Waals surface area contributed by atoms with Gasteiger partial charge < -0.3 is 20.0 Å². The minimum absolute atomic E-state index is 0. The van der Waals surface area contributed by atoms with Gasteiger partial charge in [-0.25, -0.2) is 0 Å². The van der Waals surface area contributed by atoms with Gasteiger partial charge in [0, 0.05) is 44.2 Å². The van der Waals surface area contributed by atoms with E-state index < -0.39 is 0 Å². The van der Waals surface area contributed by atoms with E-state index in [1.54, 1.807) is 6.26 Å². The molecule has 3 unspecified atom stereocenters. The molecule has 2 heterocycles. The van der Waals surface area contributed by atoms with Crippen LogP contribution >= 0.6 is 24.0 Å². The van der Waals surface area contributed by atoms with Gasteiger partial charge in [0.15, 0.2) is 5.96 Å². The molecule has 2 N–H and O–H groups in total. The first-order valence-electron chi connectivity index (χ1n) is 11.2. The van der Waals surface area contributed by atoms with Crippen LogP contribution in [0.3, 0.4) is 0 Å². The SMILES string of the molecule is I.c1coc(CCN=C(NC2CCN(C3CC3)CC2)NC2CC3CCC2C3)c1. The van der Waals surface area contributed by atoms with Crippen LogP contribution < -0.4 is 10.6 Å². The van der Waals surface area contributed by atoms with Crippen molar-refractivity contribution in [3.05, 3.63) is 24.2 Å². The maximum Gasteiger partial charge on any atom is 0.191 e. The van der Waals surface area contributed by atoms with Crippen molar-refractivity contribution >= 4 is 29.9 Å². The van der Waals surface area contributed by atoms with Crippen LogP contribution in [-0.4, -0.2) is 48.6 Å². The number of halogens is 1. The summed E-state index contributed by atoms with van der Waals surface area (Å²) >= 11 is 0. The van der Waals surface area contributed by atoms with Crippen molar-refractivity contribution in [1.29, 1.82) is 0 Å². The number of hydrogen-bond acceptors (Lipinski definition) is 3. The zero-order valence-corrected chi connectivity index (χ0v) is 19.1. The smallest absolute Gasteiger partial charge is 0.191 e. The molecule has 28 heavy (non-hydrogen) atoms. The van der Waals surface area contributed by atoms with Crippen LogP contribution in [0.2, 0.25) is 0 Å². The Balaban J connectivity index is 0.00000192. The molecule has 3 atom stereocenters. The highest BCUT2D eigenvalue weighted by Gasteiger charge is 2.40. The number of nitrogens with zero attached hydrogens (tertiary/aromatic N) is 2. The molecule has 0 radical (unpaired) electrons. The molecule has 5 rings (SSSR count). The summed E-state index contributed by atoms with van der Waals surface area (Å²) in [4.78, 5) is 7.62. The highest BCUT2D eigenvalue weighted by molar-refractivity contribution is 14.0. The third-order valence-electron chi connectivity index (χ3n) is 7.20. The summed E-state index contributed by atoms with van der Waals surface area (Å²) in [5.41, 5.74) is 0. The molecule has 1 aromatic rings. The Bertz CT molecular complexity index is 637. The third-order valence-corrected chi connectivity index (χ3v) is 7.20. The lowest BCUT2D eigenvalue weighted by atomic mass is 9.95. The minimum Gasteiger partial charge on any atom is -0.469 e. The number of fused-ring (bicyclic) bond motifs is 2. The van der Waals surface area contributed by atoms with Gasteiger partial charge in [-0.3, -0.25) is 4.99 Å². The van der Waals surface area contributed by atoms with Gasteiger partial charge in [-0.2, -0.15) is 0 Å². The zero-order chi connectivity index (χ0) is 18.1. The fraction of sp³-hybridized carbons (Fsp3) is 0.773. The normalized spacial score (nSPS) is 31.0. The van der Waals surface area contributed by atoms with Gasteiger partial charge in [0.2, 0.25) is 0 Å². The Kier molecular flexibility index (Phi) is 6.86. The maximum atomic E-state index is 5.46. The van der Waals surface area contributed by atoms with Crippen molar-refractivity contribution < 1.29 is 4.42 Å². The molecular weight excluding hydrogens is 463 g/mol. The van der Waals surface area contributed by atoms with Crippen LogP contribution in [0.25, 0.3) is 0 Å². The van der Waals surface area contributed by atoms with E-state index in [0.717, 1.165) is 42.6 Å². The molecule has 2 bridgehead atoms. The lowest BCUT2D eigenvalue weighted by Crippen LogP contribution is -2.52. The molecule has 156 valence electrons. The average molecular weight is 498 g/mol. The minimum atomic E-state index is 0. The van der Waals surface area contributed by atoms with Crippen molar-refractivity contribution in [3.8, 4) is 0 Å². The van der Waals surface area contributed by atoms with Gasteiger partial charge in [0.05, 0.1) is 6.26 Å². The summed E-state index contributed by atoms with van der Waals surface area (Å²) < 4.78 is 5.46. The molecule has 3 aliphatic carbocycles. The third kappa shape index (κ3) is 5.04. The summed E-state index contributed by atoms with van der Waals surface area (Å²) in [6, 6.07) is 6.09. The largest absolute Gasteiger partial charge is 0.469 e. The fourth-order valence-electron chi connectivity index (χ4n) is 5.50. The van der Waals surface area contributed by atoms with E-state index in [2.05, 4.69) is 15.5 Å². The highest BCUT2D eigenvalue weighted by atomic mass is 127. The zero-order valence-electron chi connectivity index (χ0n) is 16.8. The van der Waals surface area contributed by atoms with E-state index in [-0.39, 0.29) is 24.0 Å². The summed E-state index contributed by atoms with van der Waals surface area (Å²) in [6.45, 7) is 3.27. The molecule has 3 saturated carbocycles. The average Bonchev–Trinajstić information content (AvgIpc) is 3.06. The van der Waals surface area contributed by atoms with Crippen LogP contribution in [0.4, 0.5) is 0 Å². The predicted molar refractivity (Wildman–Crippen MR) is 123 cm³/mol. The Labute approximate surface area is 186 Å². The Hall–Kier alpha value is -0.760. The van der Waals surface area contributed by atoms with E-state index in [4.69, 9.17) is 9.41 Å². The van der Waals surface area contributed by atoms with E-state index in [9.17, 15) is 0 Å². The van der Waals surface area contributed by atoms with E-state index in [1.807, 2.05) is 12.1 Å². The number of aliphatic imine (C=N–C) groups is 1. The lowest BCUT2D eigenvalue weighted by molar-refractivity contribution is 0.197. The molecule has 1 aromatic heterocycles. The number of hydrogen-bond donors (Lipinski definition) is 2. The number of guanidine groups is 1. The van der Waals surface area contributed by atoms with E-state index in [1.165, 1.54) is 64.5 Å². The predicted octanol–water partition coefficient (Wildman–Crippen LogP) is 3.79. The van der Waals surface area contributed by atoms with Crippen LogP contribution in [0.15, 0.2) is 27.8 Å². The van der Waals surface area contributed by atoms with E-state index in [0.29, 0.717) is 12.1 Å². The standard InChI is InChI=1S/C22H34N4O.HI/c1-2-20(27-13-1)7-10-23-22(25-21-15-16-3-4-17(21)14-16)24-18-8-11-26(12-9-18)19-5-6-19;/h1-2,13,16-19,21H,3-12,14-15H2,(H2,23,24,25);1H. The van der Waals surface area contributed by atoms with Gasteiger partial charge in [-0.1, -0.05) is 6.42 Å². The second-order valence-corrected chi connectivity index (χ2v) is 9.17. The molecule has 5 nitrogen and oxygen atoms in total. The maximum absolute atomic E-state index is 5.46. The summed E-state index contributed by atoms with van der Waals surface area (Å²) in [5, 5.41) is 7.60. The van der Waals surface area contributed by atoms with E-state index >= 15 is 0 Å². The molecule has 6 heteroatoms. The van der Waals surface area contributed by atoms with Crippen LogP contribution in [0.1, 0.15) is 57.1 Å². The molecule has 1 saturated heterocycles. The Morgan fingerprint density at radius 3 is 2.57 bits per heavy atom. The first-order valence-corrected chi connectivity index (χ1v) is 11.2. The number of nitrogens with one attached hydrogen (secondary N) is 2. The van der Waals surface area contributed by atoms with Crippen molar-refractivity contribution in [2.45, 2.75) is 75.9 Å². The molecule has 0 aromatic carbocycles. The van der Waals surface area contributed by atoms with Crippen LogP contribution in [0, 0.1) is 11.8 Å². The van der Waals surface area contributed by atoms with Crippen molar-refractivity contribution in [2.75, 3.05) is 19.6 Å². The van der Waals surface area contributed by atoms with Gasteiger partial charge in [0.25, 0.3) is 0 Å². The molecular formula is C22H35IN4O. The van der Waals surface area contributed by atoms with Gasteiger partial charge in [-0.05, 0) is 68.9 Å². The first-order chi connectivity index (χ1) is 13.3. The molecule has 0 amide bonds. The summed E-state index contributed by atoms with van der Waals surface area (Å²) in [6.07, 6.45) is 13.6. The first kappa shape index (κ1) is 20.5.